The molecule has 0 unspecified atom stereocenters. The fraction of sp³-hybridized carbons (Fsp3) is 0.516. The standard InChI is InChI=1S/C31H39F3N4O4S/c1-6-13-37-19-26(35-36-37)11-12-27(30(4,5)29(39)40)22-8-7-21(3)24(15-22)18-38-17-20(2)14-23-9-10-25(31(32,33)34)16-28(23)43(38,41)42/h7-10,15-16,19-20,27H,6,11-14,17-18H2,1-5H3,(H,39,40)/t20-,27+/m0/s1. The minimum Gasteiger partial charge on any atom is -0.481 e. The molecule has 1 N–H and O–H groups in total. The molecule has 8 nitrogen and oxygen atoms in total. The first kappa shape index (κ1) is 32.7. The number of nitrogens with zero attached hydrogens (tertiary/aromatic N) is 4. The van der Waals surface area contributed by atoms with Crippen molar-refractivity contribution in [2.45, 2.75) is 90.4 Å². The highest BCUT2D eigenvalue weighted by Gasteiger charge is 2.39. The van der Waals surface area contributed by atoms with Crippen LogP contribution in [0.1, 0.15) is 80.0 Å². The van der Waals surface area contributed by atoms with E-state index in [-0.39, 0.29) is 23.9 Å². The van der Waals surface area contributed by atoms with Gasteiger partial charge in [-0.05, 0) is 92.7 Å². The number of fused-ring (bicyclic) bond motifs is 1. The van der Waals surface area contributed by atoms with E-state index in [9.17, 15) is 31.5 Å². The number of benzene rings is 2. The topological polar surface area (TPSA) is 105 Å². The van der Waals surface area contributed by atoms with Crippen molar-refractivity contribution in [1.29, 1.82) is 0 Å². The van der Waals surface area contributed by atoms with Crippen LogP contribution in [0.4, 0.5) is 13.2 Å². The van der Waals surface area contributed by atoms with Gasteiger partial charge in [0.1, 0.15) is 0 Å². The Labute approximate surface area is 251 Å². The number of carboxylic acids is 1. The average molecular weight is 621 g/mol. The van der Waals surface area contributed by atoms with Crippen molar-refractivity contribution in [2.75, 3.05) is 6.54 Å². The molecule has 43 heavy (non-hydrogen) atoms. The summed E-state index contributed by atoms with van der Waals surface area (Å²) in [6.07, 6.45) is -0.592. The highest BCUT2D eigenvalue weighted by Crippen LogP contribution is 2.41. The van der Waals surface area contributed by atoms with Gasteiger partial charge >= 0.3 is 12.1 Å². The van der Waals surface area contributed by atoms with Gasteiger partial charge in [0.05, 0.1) is 21.6 Å². The lowest BCUT2D eigenvalue weighted by molar-refractivity contribution is -0.148. The molecule has 1 aliphatic heterocycles. The van der Waals surface area contributed by atoms with Crippen LogP contribution >= 0.6 is 0 Å². The zero-order valence-electron chi connectivity index (χ0n) is 25.1. The SMILES string of the molecule is CCCn1cc(CC[C@H](c2ccc(C)c(CN3C[C@@H](C)Cc4ccc(C(F)(F)F)cc4S3(=O)=O)c2)C(C)(C)C(=O)O)nn1. The summed E-state index contributed by atoms with van der Waals surface area (Å²) < 4.78 is 71.1. The van der Waals surface area contributed by atoms with Gasteiger partial charge in [0.2, 0.25) is 10.0 Å². The third kappa shape index (κ3) is 7.12. The fourth-order valence-corrected chi connectivity index (χ4v) is 7.56. The summed E-state index contributed by atoms with van der Waals surface area (Å²) in [6.45, 7) is 9.92. The molecule has 234 valence electrons. The summed E-state index contributed by atoms with van der Waals surface area (Å²) in [5.74, 6) is -1.53. The molecule has 2 atom stereocenters. The second-order valence-corrected chi connectivity index (χ2v) is 14.1. The highest BCUT2D eigenvalue weighted by atomic mass is 32.2. The lowest BCUT2D eigenvalue weighted by atomic mass is 9.72. The van der Waals surface area contributed by atoms with E-state index in [0.717, 1.165) is 41.9 Å². The third-order valence-corrected chi connectivity index (χ3v) is 10.3. The van der Waals surface area contributed by atoms with Gasteiger partial charge in [-0.25, -0.2) is 8.42 Å². The second kappa shape index (κ2) is 12.4. The van der Waals surface area contributed by atoms with Crippen LogP contribution in [-0.4, -0.2) is 45.3 Å². The number of carbonyl (C=O) groups is 1. The van der Waals surface area contributed by atoms with Crippen LogP contribution < -0.4 is 0 Å². The van der Waals surface area contributed by atoms with Crippen LogP contribution in [0.25, 0.3) is 0 Å². The van der Waals surface area contributed by atoms with Crippen molar-refractivity contribution in [3.05, 3.63) is 76.1 Å². The number of hydrogen-bond donors (Lipinski definition) is 1. The maximum atomic E-state index is 13.8. The monoisotopic (exact) mass is 620 g/mol. The molecular weight excluding hydrogens is 581 g/mol. The second-order valence-electron chi connectivity index (χ2n) is 12.2. The average Bonchev–Trinajstić information content (AvgIpc) is 3.33. The number of halogens is 3. The molecule has 0 radical (unpaired) electrons. The Hall–Kier alpha value is -3.25. The first-order chi connectivity index (χ1) is 20.0. The number of carboxylic acid groups (broad SMARTS) is 1. The summed E-state index contributed by atoms with van der Waals surface area (Å²) in [4.78, 5) is 12.1. The Morgan fingerprint density at radius 3 is 2.53 bits per heavy atom. The van der Waals surface area contributed by atoms with E-state index in [1.165, 1.54) is 10.4 Å². The third-order valence-electron chi connectivity index (χ3n) is 8.37. The first-order valence-corrected chi connectivity index (χ1v) is 15.9. The quantitative estimate of drug-likeness (QED) is 0.288. The number of aliphatic carboxylic acids is 1. The molecule has 0 saturated carbocycles. The summed E-state index contributed by atoms with van der Waals surface area (Å²) in [6, 6.07) is 8.49. The van der Waals surface area contributed by atoms with Crippen LogP contribution in [0, 0.1) is 18.3 Å². The zero-order valence-corrected chi connectivity index (χ0v) is 26.0. The largest absolute Gasteiger partial charge is 0.481 e. The van der Waals surface area contributed by atoms with Crippen LogP contribution in [0.2, 0.25) is 0 Å². The van der Waals surface area contributed by atoms with E-state index >= 15 is 0 Å². The molecule has 0 bridgehead atoms. The van der Waals surface area contributed by atoms with E-state index in [2.05, 4.69) is 10.3 Å². The van der Waals surface area contributed by atoms with E-state index in [1.54, 1.807) is 18.5 Å². The van der Waals surface area contributed by atoms with Crippen molar-refractivity contribution < 1.29 is 31.5 Å². The minimum atomic E-state index is -4.67. The number of aryl methyl sites for hydroxylation is 3. The predicted molar refractivity (Wildman–Crippen MR) is 156 cm³/mol. The summed E-state index contributed by atoms with van der Waals surface area (Å²) in [5, 5.41) is 18.5. The number of hydrogen-bond acceptors (Lipinski definition) is 5. The fourth-order valence-electron chi connectivity index (χ4n) is 5.76. The summed E-state index contributed by atoms with van der Waals surface area (Å²) in [5.41, 5.74) is 1.19. The van der Waals surface area contributed by atoms with Crippen LogP contribution in [0.3, 0.4) is 0 Å². The molecule has 2 aromatic carbocycles. The maximum Gasteiger partial charge on any atom is 0.416 e. The molecule has 12 heteroatoms. The number of sulfonamides is 1. The number of rotatable bonds is 10. The maximum absolute atomic E-state index is 13.8. The van der Waals surface area contributed by atoms with Gasteiger partial charge in [0.25, 0.3) is 0 Å². The zero-order chi connectivity index (χ0) is 31.7. The van der Waals surface area contributed by atoms with Gasteiger partial charge in [-0.15, -0.1) is 5.10 Å². The van der Waals surface area contributed by atoms with Crippen molar-refractivity contribution in [3.63, 3.8) is 0 Å². The van der Waals surface area contributed by atoms with Gasteiger partial charge in [-0.3, -0.25) is 9.48 Å². The van der Waals surface area contributed by atoms with E-state index in [0.29, 0.717) is 30.4 Å². The lowest BCUT2D eigenvalue weighted by Gasteiger charge is -2.32. The van der Waals surface area contributed by atoms with E-state index < -0.39 is 39.1 Å². The number of aromatic nitrogens is 3. The molecule has 1 aromatic heterocycles. The van der Waals surface area contributed by atoms with E-state index in [1.807, 2.05) is 45.2 Å². The molecule has 2 heterocycles. The summed E-state index contributed by atoms with van der Waals surface area (Å²) in [7, 11) is -4.25. The molecule has 0 aliphatic carbocycles. The Kier molecular flexibility index (Phi) is 9.41. The number of alkyl halides is 3. The highest BCUT2D eigenvalue weighted by molar-refractivity contribution is 7.89. The van der Waals surface area contributed by atoms with Gasteiger partial charge in [0, 0.05) is 25.8 Å². The smallest absolute Gasteiger partial charge is 0.416 e. The van der Waals surface area contributed by atoms with Crippen molar-refractivity contribution >= 4 is 16.0 Å². The van der Waals surface area contributed by atoms with Gasteiger partial charge in [0.15, 0.2) is 0 Å². The summed E-state index contributed by atoms with van der Waals surface area (Å²) >= 11 is 0. The van der Waals surface area contributed by atoms with Gasteiger partial charge < -0.3 is 5.11 Å². The lowest BCUT2D eigenvalue weighted by Crippen LogP contribution is -2.34. The molecule has 0 fully saturated rings. The van der Waals surface area contributed by atoms with E-state index in [4.69, 9.17) is 0 Å². The van der Waals surface area contributed by atoms with Crippen molar-refractivity contribution in [1.82, 2.24) is 19.3 Å². The van der Waals surface area contributed by atoms with Crippen LogP contribution in [-0.2, 0) is 46.9 Å². The molecule has 0 spiro atoms. The predicted octanol–water partition coefficient (Wildman–Crippen LogP) is 6.23. The Morgan fingerprint density at radius 2 is 1.88 bits per heavy atom. The molecule has 0 saturated heterocycles. The van der Waals surface area contributed by atoms with Gasteiger partial charge in [-0.1, -0.05) is 43.3 Å². The van der Waals surface area contributed by atoms with Gasteiger partial charge in [-0.2, -0.15) is 17.5 Å². The minimum absolute atomic E-state index is 0.0480. The van der Waals surface area contributed by atoms with Crippen LogP contribution in [0.5, 0.6) is 0 Å². The first-order valence-electron chi connectivity index (χ1n) is 14.5. The molecule has 0 amide bonds. The Balaban J connectivity index is 1.69. The molecular formula is C31H39F3N4O4S. The normalized spacial score (nSPS) is 18.2. The van der Waals surface area contributed by atoms with Crippen LogP contribution in [0.15, 0.2) is 47.5 Å². The molecule has 3 aromatic rings. The molecule has 1 aliphatic rings. The Bertz CT molecular complexity index is 1580. The molecule has 4 rings (SSSR count). The van der Waals surface area contributed by atoms with Crippen molar-refractivity contribution in [3.8, 4) is 0 Å². The van der Waals surface area contributed by atoms with Crippen molar-refractivity contribution in [2.24, 2.45) is 11.3 Å². The Morgan fingerprint density at radius 1 is 1.16 bits per heavy atom.